The fraction of sp³-hybridized carbons (Fsp3) is 0.214. The number of anilines is 1. The first kappa shape index (κ1) is 15.1. The van der Waals surface area contributed by atoms with Gasteiger partial charge >= 0.3 is 0 Å². The Hall–Kier alpha value is -1.86. The molecule has 3 heterocycles. The van der Waals surface area contributed by atoms with E-state index in [1.165, 1.54) is 0 Å². The van der Waals surface area contributed by atoms with Gasteiger partial charge < -0.3 is 10.3 Å². The molecule has 0 saturated carbocycles. The maximum Gasteiger partial charge on any atom is 0.257 e. The van der Waals surface area contributed by atoms with Gasteiger partial charge in [-0.15, -0.1) is 0 Å². The lowest BCUT2D eigenvalue weighted by molar-refractivity contribution is -0.910. The smallest absolute Gasteiger partial charge is 0.257 e. The molecule has 3 aromatic rings. The number of rotatable bonds is 2. The summed E-state index contributed by atoms with van der Waals surface area (Å²) in [6.45, 7) is 4.30. The third-order valence-electron chi connectivity index (χ3n) is 3.61. The zero-order valence-corrected chi connectivity index (χ0v) is 14.4. The zero-order valence-electron chi connectivity index (χ0n) is 12.0. The Balaban J connectivity index is 2.14. The van der Waals surface area contributed by atoms with Crippen LogP contribution >= 0.6 is 27.5 Å². The van der Waals surface area contributed by atoms with E-state index >= 15 is 0 Å². The SMILES string of the molecule is Cc1c[n+](O)c(Cn2ccc3c(Cl)nc(N)nc32)c(C)c1Br. The van der Waals surface area contributed by atoms with E-state index in [1.807, 2.05) is 30.7 Å². The van der Waals surface area contributed by atoms with Gasteiger partial charge in [-0.1, -0.05) is 11.6 Å². The summed E-state index contributed by atoms with van der Waals surface area (Å²) in [5.74, 6) is 0.121. The monoisotopic (exact) mass is 382 g/mol. The number of nitrogen functional groups attached to an aromatic ring is 1. The third kappa shape index (κ3) is 2.40. The van der Waals surface area contributed by atoms with Crippen LogP contribution < -0.4 is 10.5 Å². The summed E-state index contributed by atoms with van der Waals surface area (Å²) in [6.07, 6.45) is 3.51. The van der Waals surface area contributed by atoms with Crippen LogP contribution in [0.25, 0.3) is 11.0 Å². The first-order valence-electron chi connectivity index (χ1n) is 6.56. The van der Waals surface area contributed by atoms with Crippen molar-refractivity contribution in [1.29, 1.82) is 0 Å². The largest absolute Gasteiger partial charge is 0.368 e. The molecule has 0 atom stereocenters. The molecule has 3 N–H and O–H groups in total. The van der Waals surface area contributed by atoms with Gasteiger partial charge in [-0.25, -0.2) is 4.98 Å². The molecule has 3 rings (SSSR count). The Morgan fingerprint density at radius 2 is 2.14 bits per heavy atom. The van der Waals surface area contributed by atoms with E-state index in [0.29, 0.717) is 17.3 Å². The number of hydrogen-bond acceptors (Lipinski definition) is 4. The highest BCUT2D eigenvalue weighted by Gasteiger charge is 2.21. The minimum Gasteiger partial charge on any atom is -0.368 e. The lowest BCUT2D eigenvalue weighted by Crippen LogP contribution is -2.37. The summed E-state index contributed by atoms with van der Waals surface area (Å²) in [6, 6.07) is 1.83. The fourth-order valence-electron chi connectivity index (χ4n) is 2.44. The Bertz CT molecular complexity index is 893. The van der Waals surface area contributed by atoms with Crippen molar-refractivity contribution >= 4 is 44.5 Å². The van der Waals surface area contributed by atoms with E-state index in [-0.39, 0.29) is 5.95 Å². The van der Waals surface area contributed by atoms with Crippen LogP contribution in [0.3, 0.4) is 0 Å². The van der Waals surface area contributed by atoms with E-state index in [4.69, 9.17) is 17.3 Å². The first-order chi connectivity index (χ1) is 10.4. The molecule has 0 unspecified atom stereocenters. The molecular formula is C14H14BrClN5O+. The van der Waals surface area contributed by atoms with Gasteiger partial charge in [-0.3, -0.25) is 5.21 Å². The Labute approximate surface area is 140 Å². The second kappa shape index (κ2) is 5.40. The van der Waals surface area contributed by atoms with Crippen LogP contribution in [-0.4, -0.2) is 19.7 Å². The van der Waals surface area contributed by atoms with Crippen LogP contribution in [0, 0.1) is 13.8 Å². The van der Waals surface area contributed by atoms with Crippen molar-refractivity contribution in [3.63, 3.8) is 0 Å². The van der Waals surface area contributed by atoms with Crippen molar-refractivity contribution in [3.05, 3.63) is 44.9 Å². The summed E-state index contributed by atoms with van der Waals surface area (Å²) in [4.78, 5) is 8.17. The number of nitrogens with zero attached hydrogens (tertiary/aromatic N) is 4. The van der Waals surface area contributed by atoms with Crippen LogP contribution in [-0.2, 0) is 6.54 Å². The predicted octanol–water partition coefficient (Wildman–Crippen LogP) is 2.62. The van der Waals surface area contributed by atoms with Crippen molar-refractivity contribution in [1.82, 2.24) is 14.5 Å². The average Bonchev–Trinajstić information content (AvgIpc) is 2.84. The third-order valence-corrected chi connectivity index (χ3v) is 5.12. The van der Waals surface area contributed by atoms with E-state index in [0.717, 1.165) is 31.4 Å². The van der Waals surface area contributed by atoms with Crippen LogP contribution in [0.2, 0.25) is 5.15 Å². The van der Waals surface area contributed by atoms with Crippen LogP contribution in [0.1, 0.15) is 16.8 Å². The van der Waals surface area contributed by atoms with Crippen molar-refractivity contribution < 1.29 is 9.94 Å². The van der Waals surface area contributed by atoms with Gasteiger partial charge in [-0.2, -0.15) is 4.98 Å². The number of hydrogen-bond donors (Lipinski definition) is 2. The average molecular weight is 384 g/mol. The summed E-state index contributed by atoms with van der Waals surface area (Å²) < 4.78 is 3.97. The summed E-state index contributed by atoms with van der Waals surface area (Å²) >= 11 is 9.62. The molecule has 0 aliphatic rings. The molecule has 22 heavy (non-hydrogen) atoms. The fourth-order valence-corrected chi connectivity index (χ4v) is 3.00. The van der Waals surface area contributed by atoms with Crippen LogP contribution in [0.4, 0.5) is 5.95 Å². The quantitative estimate of drug-likeness (QED) is 0.405. The molecular weight excluding hydrogens is 370 g/mol. The number of fused-ring (bicyclic) bond motifs is 1. The summed E-state index contributed by atoms with van der Waals surface area (Å²) in [7, 11) is 0. The molecule has 3 aromatic heterocycles. The first-order valence-corrected chi connectivity index (χ1v) is 7.73. The molecule has 0 saturated heterocycles. The minimum atomic E-state index is 0.121. The van der Waals surface area contributed by atoms with E-state index in [2.05, 4.69) is 25.9 Å². The zero-order chi connectivity index (χ0) is 16.0. The highest BCUT2D eigenvalue weighted by Crippen LogP contribution is 2.25. The minimum absolute atomic E-state index is 0.121. The van der Waals surface area contributed by atoms with Crippen LogP contribution in [0.15, 0.2) is 22.9 Å². The molecule has 0 spiro atoms. The number of nitrogens with two attached hydrogens (primary N) is 1. The van der Waals surface area contributed by atoms with Gasteiger partial charge in [0.2, 0.25) is 12.1 Å². The highest BCUT2D eigenvalue weighted by atomic mass is 79.9. The van der Waals surface area contributed by atoms with E-state index in [9.17, 15) is 5.21 Å². The molecule has 0 aromatic carbocycles. The molecule has 0 amide bonds. The van der Waals surface area contributed by atoms with Crippen molar-refractivity contribution in [3.8, 4) is 0 Å². The van der Waals surface area contributed by atoms with Gasteiger partial charge in [0, 0.05) is 26.5 Å². The van der Waals surface area contributed by atoms with Crippen molar-refractivity contribution in [2.75, 3.05) is 5.73 Å². The van der Waals surface area contributed by atoms with Crippen molar-refractivity contribution in [2.45, 2.75) is 20.4 Å². The number of aryl methyl sites for hydroxylation is 1. The van der Waals surface area contributed by atoms with Gasteiger partial charge in [0.15, 0.2) is 0 Å². The van der Waals surface area contributed by atoms with Crippen LogP contribution in [0.5, 0.6) is 0 Å². The Kier molecular flexibility index (Phi) is 3.70. The second-order valence-electron chi connectivity index (χ2n) is 5.10. The molecule has 0 fully saturated rings. The molecule has 0 bridgehead atoms. The molecule has 0 aliphatic carbocycles. The lowest BCUT2D eigenvalue weighted by atomic mass is 10.1. The Morgan fingerprint density at radius 1 is 1.41 bits per heavy atom. The topological polar surface area (TPSA) is 80.8 Å². The summed E-state index contributed by atoms with van der Waals surface area (Å²) in [5.41, 5.74) is 8.95. The van der Waals surface area contributed by atoms with Crippen molar-refractivity contribution in [2.24, 2.45) is 0 Å². The molecule has 0 aliphatic heterocycles. The van der Waals surface area contributed by atoms with Gasteiger partial charge in [-0.05, 0) is 35.8 Å². The molecule has 0 radical (unpaired) electrons. The predicted molar refractivity (Wildman–Crippen MR) is 87.0 cm³/mol. The number of pyridine rings is 1. The molecule has 114 valence electrons. The highest BCUT2D eigenvalue weighted by molar-refractivity contribution is 9.10. The number of halogens is 2. The maximum atomic E-state index is 10.2. The lowest BCUT2D eigenvalue weighted by Gasteiger charge is -2.08. The normalized spacial score (nSPS) is 11.3. The second-order valence-corrected chi connectivity index (χ2v) is 6.25. The maximum absolute atomic E-state index is 10.2. The van der Waals surface area contributed by atoms with E-state index < -0.39 is 0 Å². The summed E-state index contributed by atoms with van der Waals surface area (Å²) in [5, 5.41) is 11.2. The molecule has 6 nitrogen and oxygen atoms in total. The van der Waals surface area contributed by atoms with Gasteiger partial charge in [0.05, 0.1) is 5.39 Å². The number of aromatic nitrogens is 4. The van der Waals surface area contributed by atoms with Gasteiger partial charge in [0.1, 0.15) is 17.3 Å². The Morgan fingerprint density at radius 3 is 2.86 bits per heavy atom. The molecule has 8 heteroatoms. The standard InChI is InChI=1S/C14H14BrClN5O/c1-7-5-21(22)10(8(2)11(7)15)6-20-4-3-9-12(16)18-14(17)19-13(9)20/h3-5,22H,6H2,1-2H3,(H2,17,18,19)/q+1. The van der Waals surface area contributed by atoms with Gasteiger partial charge in [0.25, 0.3) is 5.69 Å². The van der Waals surface area contributed by atoms with E-state index in [1.54, 1.807) is 6.20 Å².